The van der Waals surface area contributed by atoms with Crippen molar-refractivity contribution in [2.45, 2.75) is 19.8 Å². The fraction of sp³-hybridized carbons (Fsp3) is 0.875. The van der Waals surface area contributed by atoms with Crippen LogP contribution in [0, 0.1) is 11.8 Å². The summed E-state index contributed by atoms with van der Waals surface area (Å²) < 4.78 is 0. The molecule has 0 heterocycles. The van der Waals surface area contributed by atoms with Gasteiger partial charge in [-0.05, 0) is 25.7 Å². The van der Waals surface area contributed by atoms with E-state index in [1.54, 1.807) is 6.92 Å². The van der Waals surface area contributed by atoms with Crippen LogP contribution in [-0.4, -0.2) is 24.1 Å². The van der Waals surface area contributed by atoms with Crippen molar-refractivity contribution in [3.05, 3.63) is 0 Å². The maximum absolute atomic E-state index is 8.94. The number of hydrogen-bond donors (Lipinski definition) is 2. The van der Waals surface area contributed by atoms with Crippen LogP contribution in [0.4, 0.5) is 0 Å². The van der Waals surface area contributed by atoms with E-state index in [-0.39, 0.29) is 6.61 Å². The summed E-state index contributed by atoms with van der Waals surface area (Å²) in [5, 5.41) is 8.94. The zero-order valence-electron chi connectivity index (χ0n) is 6.95. The van der Waals surface area contributed by atoms with Crippen LogP contribution in [0.1, 0.15) is 19.8 Å². The van der Waals surface area contributed by atoms with E-state index in [1.165, 1.54) is 12.8 Å². The highest BCUT2D eigenvalue weighted by Crippen LogP contribution is 2.36. The molecule has 0 bridgehead atoms. The highest BCUT2D eigenvalue weighted by Gasteiger charge is 2.30. The standard InChI is InChI=1S/C8H16N2O/c1-6(9)10-4-8(5-11)7-2-3-7/h7-8,11H,2-5H2,1H3,(H2,9,10). The number of amidine groups is 1. The van der Waals surface area contributed by atoms with Gasteiger partial charge in [-0.3, -0.25) is 4.99 Å². The first-order valence-corrected chi connectivity index (χ1v) is 4.11. The molecule has 0 aromatic carbocycles. The third-order valence-corrected chi connectivity index (χ3v) is 2.10. The molecule has 1 fully saturated rings. The van der Waals surface area contributed by atoms with Crippen LogP contribution in [0.25, 0.3) is 0 Å². The number of aliphatic hydroxyl groups is 1. The second-order valence-corrected chi connectivity index (χ2v) is 3.26. The average Bonchev–Trinajstić information content (AvgIpc) is 2.72. The Bertz CT molecular complexity index is 148. The summed E-state index contributed by atoms with van der Waals surface area (Å²) >= 11 is 0. The summed E-state index contributed by atoms with van der Waals surface area (Å²) in [6, 6.07) is 0. The number of rotatable bonds is 4. The molecule has 1 rings (SSSR count). The average molecular weight is 156 g/mol. The van der Waals surface area contributed by atoms with Gasteiger partial charge in [-0.2, -0.15) is 0 Å². The third-order valence-electron chi connectivity index (χ3n) is 2.10. The summed E-state index contributed by atoms with van der Waals surface area (Å²) in [5.41, 5.74) is 5.38. The van der Waals surface area contributed by atoms with Gasteiger partial charge in [0.05, 0.1) is 5.84 Å². The van der Waals surface area contributed by atoms with E-state index in [0.29, 0.717) is 24.2 Å². The van der Waals surface area contributed by atoms with Gasteiger partial charge in [0.25, 0.3) is 0 Å². The van der Waals surface area contributed by atoms with Gasteiger partial charge in [0.1, 0.15) is 0 Å². The monoisotopic (exact) mass is 156 g/mol. The van der Waals surface area contributed by atoms with Crippen LogP contribution in [0.5, 0.6) is 0 Å². The number of nitrogens with two attached hydrogens (primary N) is 1. The van der Waals surface area contributed by atoms with Crippen molar-refractivity contribution in [3.63, 3.8) is 0 Å². The van der Waals surface area contributed by atoms with Crippen LogP contribution in [0.15, 0.2) is 4.99 Å². The van der Waals surface area contributed by atoms with Gasteiger partial charge in [0, 0.05) is 19.1 Å². The molecule has 0 spiro atoms. The van der Waals surface area contributed by atoms with Crippen LogP contribution < -0.4 is 5.73 Å². The van der Waals surface area contributed by atoms with Gasteiger partial charge in [-0.25, -0.2) is 0 Å². The van der Waals surface area contributed by atoms with E-state index in [2.05, 4.69) is 4.99 Å². The van der Waals surface area contributed by atoms with Gasteiger partial charge in [0.15, 0.2) is 0 Å². The van der Waals surface area contributed by atoms with Crippen LogP contribution in [-0.2, 0) is 0 Å². The predicted octanol–water partition coefficient (Wildman–Crippen LogP) is 0.382. The first-order valence-electron chi connectivity index (χ1n) is 4.11. The molecule has 0 radical (unpaired) electrons. The summed E-state index contributed by atoms with van der Waals surface area (Å²) in [7, 11) is 0. The van der Waals surface area contributed by atoms with Crippen LogP contribution >= 0.6 is 0 Å². The first kappa shape index (κ1) is 8.53. The predicted molar refractivity (Wildman–Crippen MR) is 45.5 cm³/mol. The maximum atomic E-state index is 8.94. The molecule has 3 heteroatoms. The Balaban J connectivity index is 2.25. The van der Waals surface area contributed by atoms with Gasteiger partial charge in [0.2, 0.25) is 0 Å². The number of hydrogen-bond acceptors (Lipinski definition) is 2. The summed E-state index contributed by atoms with van der Waals surface area (Å²) in [5.74, 6) is 1.68. The fourth-order valence-corrected chi connectivity index (χ4v) is 1.18. The molecule has 3 nitrogen and oxygen atoms in total. The molecule has 0 aromatic heterocycles. The molecule has 64 valence electrons. The molecule has 3 N–H and O–H groups in total. The molecular formula is C8H16N2O. The Kier molecular flexibility index (Phi) is 2.88. The van der Waals surface area contributed by atoms with E-state index in [1.807, 2.05) is 0 Å². The van der Waals surface area contributed by atoms with Gasteiger partial charge >= 0.3 is 0 Å². The third kappa shape index (κ3) is 2.89. The Hall–Kier alpha value is -0.570. The molecular weight excluding hydrogens is 140 g/mol. The van der Waals surface area contributed by atoms with Crippen LogP contribution in [0.2, 0.25) is 0 Å². The van der Waals surface area contributed by atoms with E-state index in [4.69, 9.17) is 10.8 Å². The summed E-state index contributed by atoms with van der Waals surface area (Å²) in [4.78, 5) is 4.09. The number of aliphatic hydroxyl groups excluding tert-OH is 1. The highest BCUT2D eigenvalue weighted by atomic mass is 16.3. The van der Waals surface area contributed by atoms with Gasteiger partial charge < -0.3 is 10.8 Å². The fourth-order valence-electron chi connectivity index (χ4n) is 1.18. The Morgan fingerprint density at radius 3 is 2.73 bits per heavy atom. The Morgan fingerprint density at radius 2 is 2.36 bits per heavy atom. The summed E-state index contributed by atoms with van der Waals surface area (Å²) in [6.45, 7) is 2.73. The number of aliphatic imine (C=N–C) groups is 1. The van der Waals surface area contributed by atoms with E-state index >= 15 is 0 Å². The highest BCUT2D eigenvalue weighted by molar-refractivity contribution is 5.77. The molecule has 0 amide bonds. The molecule has 0 aromatic rings. The SMILES string of the molecule is CC(N)=NCC(CO)C1CC1. The molecule has 11 heavy (non-hydrogen) atoms. The Labute approximate surface area is 67.3 Å². The normalized spacial score (nSPS) is 21.8. The molecule has 0 aliphatic heterocycles. The van der Waals surface area contributed by atoms with E-state index in [9.17, 15) is 0 Å². The smallest absolute Gasteiger partial charge is 0.0905 e. The van der Waals surface area contributed by atoms with Crippen molar-refractivity contribution < 1.29 is 5.11 Å². The maximum Gasteiger partial charge on any atom is 0.0905 e. The molecule has 1 aliphatic rings. The zero-order chi connectivity index (χ0) is 8.27. The first-order chi connectivity index (χ1) is 5.24. The van der Waals surface area contributed by atoms with Crippen molar-refractivity contribution in [2.24, 2.45) is 22.6 Å². The molecule has 1 unspecified atom stereocenters. The van der Waals surface area contributed by atoms with E-state index < -0.39 is 0 Å². The molecule has 1 aliphatic carbocycles. The van der Waals surface area contributed by atoms with Crippen molar-refractivity contribution >= 4 is 5.84 Å². The van der Waals surface area contributed by atoms with Gasteiger partial charge in [-0.1, -0.05) is 0 Å². The minimum absolute atomic E-state index is 0.251. The largest absolute Gasteiger partial charge is 0.396 e. The quantitative estimate of drug-likeness (QED) is 0.456. The van der Waals surface area contributed by atoms with Crippen LogP contribution in [0.3, 0.4) is 0 Å². The molecule has 1 saturated carbocycles. The van der Waals surface area contributed by atoms with Gasteiger partial charge in [-0.15, -0.1) is 0 Å². The molecule has 1 atom stereocenters. The minimum Gasteiger partial charge on any atom is -0.396 e. The molecule has 0 saturated heterocycles. The number of nitrogens with zero attached hydrogens (tertiary/aromatic N) is 1. The second-order valence-electron chi connectivity index (χ2n) is 3.26. The van der Waals surface area contributed by atoms with Crippen molar-refractivity contribution in [3.8, 4) is 0 Å². The lowest BCUT2D eigenvalue weighted by atomic mass is 10.1. The van der Waals surface area contributed by atoms with Crippen molar-refractivity contribution in [2.75, 3.05) is 13.2 Å². The van der Waals surface area contributed by atoms with Crippen molar-refractivity contribution in [1.82, 2.24) is 0 Å². The Morgan fingerprint density at radius 1 is 1.73 bits per heavy atom. The lowest BCUT2D eigenvalue weighted by Crippen LogP contribution is -2.15. The lowest BCUT2D eigenvalue weighted by Gasteiger charge is -2.08. The zero-order valence-corrected chi connectivity index (χ0v) is 6.95. The minimum atomic E-state index is 0.251. The second kappa shape index (κ2) is 3.72. The summed E-state index contributed by atoms with van der Waals surface area (Å²) in [6.07, 6.45) is 2.51. The lowest BCUT2D eigenvalue weighted by molar-refractivity contribution is 0.215. The van der Waals surface area contributed by atoms with Crippen molar-refractivity contribution in [1.29, 1.82) is 0 Å². The van der Waals surface area contributed by atoms with E-state index in [0.717, 1.165) is 0 Å². The topological polar surface area (TPSA) is 58.6 Å².